The minimum Gasteiger partial charge on any atom is -0.378 e. The molecule has 17 heavy (non-hydrogen) atoms. The first kappa shape index (κ1) is 13.3. The highest BCUT2D eigenvalue weighted by Gasteiger charge is 2.44. The van der Waals surface area contributed by atoms with Crippen LogP contribution < -0.4 is 0 Å². The van der Waals surface area contributed by atoms with Gasteiger partial charge in [-0.1, -0.05) is 0 Å². The van der Waals surface area contributed by atoms with Gasteiger partial charge >= 0.3 is 0 Å². The second kappa shape index (κ2) is 4.50. The smallest absolute Gasteiger partial charge is 0.264 e. The molecule has 0 aromatic carbocycles. The molecule has 6 heteroatoms. The molecule has 0 radical (unpaired) electrons. The van der Waals surface area contributed by atoms with Gasteiger partial charge in [0.25, 0.3) is 10.1 Å². The van der Waals surface area contributed by atoms with Crippen molar-refractivity contribution in [2.45, 2.75) is 44.4 Å². The maximum absolute atomic E-state index is 11.0. The Bertz CT molecular complexity index is 361. The van der Waals surface area contributed by atoms with E-state index in [0.29, 0.717) is 0 Å². The predicted octanol–water partition coefficient (Wildman–Crippen LogP) is 0.545. The first-order valence-electron chi connectivity index (χ1n) is 6.06. The van der Waals surface area contributed by atoms with Crippen molar-refractivity contribution >= 4 is 10.1 Å². The van der Waals surface area contributed by atoms with E-state index < -0.39 is 10.1 Å². The van der Waals surface area contributed by atoms with E-state index >= 15 is 0 Å². The molecule has 1 saturated carbocycles. The lowest BCUT2D eigenvalue weighted by atomic mass is 9.72. The Morgan fingerprint density at radius 2 is 1.94 bits per heavy atom. The topological polar surface area (TPSA) is 66.8 Å². The van der Waals surface area contributed by atoms with Crippen molar-refractivity contribution in [1.29, 1.82) is 0 Å². The molecule has 1 spiro atoms. The average Bonchev–Trinajstić information content (AvgIpc) is 2.45. The van der Waals surface area contributed by atoms with Gasteiger partial charge in [-0.05, 0) is 44.6 Å². The Kier molecular flexibility index (Phi) is 3.51. The fourth-order valence-corrected chi connectivity index (χ4v) is 3.84. The van der Waals surface area contributed by atoms with Gasteiger partial charge in [-0.15, -0.1) is 0 Å². The van der Waals surface area contributed by atoms with Crippen LogP contribution in [0.25, 0.3) is 0 Å². The number of aliphatic hydroxyl groups is 1. The number of rotatable bonds is 2. The maximum Gasteiger partial charge on any atom is 0.264 e. The van der Waals surface area contributed by atoms with Crippen LogP contribution in [0.5, 0.6) is 0 Å². The largest absolute Gasteiger partial charge is 0.378 e. The van der Waals surface area contributed by atoms with Crippen LogP contribution in [0, 0.1) is 5.41 Å². The summed E-state index contributed by atoms with van der Waals surface area (Å²) in [6.07, 6.45) is 4.81. The van der Waals surface area contributed by atoms with E-state index in [1.54, 1.807) is 0 Å². The molecule has 2 fully saturated rings. The Balaban J connectivity index is 1.90. The molecule has 0 aromatic rings. The van der Waals surface area contributed by atoms with Gasteiger partial charge in [0.2, 0.25) is 0 Å². The van der Waals surface area contributed by atoms with Gasteiger partial charge in [0, 0.05) is 6.54 Å². The second-order valence-electron chi connectivity index (χ2n) is 5.60. The van der Waals surface area contributed by atoms with Gasteiger partial charge in [0.15, 0.2) is 0 Å². The highest BCUT2D eigenvalue weighted by atomic mass is 32.2. The molecule has 1 saturated heterocycles. The van der Waals surface area contributed by atoms with Crippen molar-refractivity contribution in [2.75, 3.05) is 19.8 Å². The van der Waals surface area contributed by atoms with E-state index in [2.05, 4.69) is 0 Å². The van der Waals surface area contributed by atoms with E-state index in [1.165, 1.54) is 0 Å². The lowest BCUT2D eigenvalue weighted by Gasteiger charge is -2.36. The molecule has 1 atom stereocenters. The third-order valence-electron chi connectivity index (χ3n) is 4.01. The van der Waals surface area contributed by atoms with Crippen LogP contribution in [0.4, 0.5) is 0 Å². The zero-order valence-corrected chi connectivity index (χ0v) is 11.2. The Morgan fingerprint density at radius 3 is 2.35 bits per heavy atom. The van der Waals surface area contributed by atoms with Crippen LogP contribution in [-0.4, -0.2) is 50.6 Å². The first-order chi connectivity index (χ1) is 7.80. The van der Waals surface area contributed by atoms with Gasteiger partial charge in [0.05, 0.1) is 12.4 Å². The fourth-order valence-electron chi connectivity index (χ4n) is 3.15. The molecule has 0 amide bonds. The van der Waals surface area contributed by atoms with Crippen LogP contribution in [-0.2, 0) is 14.3 Å². The molecule has 2 rings (SSSR count). The van der Waals surface area contributed by atoms with Crippen LogP contribution in [0.1, 0.15) is 32.1 Å². The Hall–Kier alpha value is -0.170. The van der Waals surface area contributed by atoms with Gasteiger partial charge < -0.3 is 5.11 Å². The normalized spacial score (nSPS) is 39.9. The van der Waals surface area contributed by atoms with Gasteiger partial charge in [0.1, 0.15) is 6.23 Å². The number of hydrogen-bond donors (Lipinski definition) is 1. The molecule has 2 aliphatic rings. The van der Waals surface area contributed by atoms with Gasteiger partial charge in [-0.2, -0.15) is 8.42 Å². The number of nitrogens with zero attached hydrogens (tertiary/aromatic N) is 1. The van der Waals surface area contributed by atoms with E-state index in [1.807, 2.05) is 11.9 Å². The Labute approximate surface area is 103 Å². The van der Waals surface area contributed by atoms with E-state index in [-0.39, 0.29) is 17.7 Å². The van der Waals surface area contributed by atoms with Crippen LogP contribution >= 0.6 is 0 Å². The lowest BCUT2D eigenvalue weighted by Crippen LogP contribution is -2.33. The lowest BCUT2D eigenvalue weighted by molar-refractivity contribution is 0.0539. The number of likely N-dealkylation sites (tertiary alicyclic amines) is 1. The summed E-state index contributed by atoms with van der Waals surface area (Å²) in [5.41, 5.74) is 0.172. The molecule has 1 heterocycles. The van der Waals surface area contributed by atoms with Crippen molar-refractivity contribution in [3.63, 3.8) is 0 Å². The van der Waals surface area contributed by atoms with E-state index in [4.69, 9.17) is 4.18 Å². The molecule has 1 N–H and O–H groups in total. The average molecular weight is 263 g/mol. The molecular formula is C11H21NO4S. The molecule has 0 aromatic heterocycles. The molecule has 100 valence electrons. The van der Waals surface area contributed by atoms with Crippen molar-refractivity contribution in [2.24, 2.45) is 5.41 Å². The fraction of sp³-hybridized carbons (Fsp3) is 1.00. The van der Waals surface area contributed by atoms with Crippen molar-refractivity contribution in [3.8, 4) is 0 Å². The minimum absolute atomic E-state index is 0.168. The summed E-state index contributed by atoms with van der Waals surface area (Å²) in [7, 11) is -1.41. The first-order valence-corrected chi connectivity index (χ1v) is 7.88. The van der Waals surface area contributed by atoms with Crippen LogP contribution in [0.15, 0.2) is 0 Å². The maximum atomic E-state index is 11.0. The zero-order chi connectivity index (χ0) is 12.7. The highest BCUT2D eigenvalue weighted by Crippen LogP contribution is 2.45. The Morgan fingerprint density at radius 1 is 1.35 bits per heavy atom. The molecule has 0 bridgehead atoms. The van der Waals surface area contributed by atoms with Gasteiger partial charge in [-0.25, -0.2) is 0 Å². The number of hydrogen-bond acceptors (Lipinski definition) is 5. The summed E-state index contributed by atoms with van der Waals surface area (Å²) in [6, 6.07) is 0. The van der Waals surface area contributed by atoms with Crippen molar-refractivity contribution < 1.29 is 17.7 Å². The van der Waals surface area contributed by atoms with E-state index in [0.717, 1.165) is 44.9 Å². The summed E-state index contributed by atoms with van der Waals surface area (Å²) < 4.78 is 27.1. The molecule has 1 unspecified atom stereocenters. The van der Waals surface area contributed by atoms with E-state index in [9.17, 15) is 13.5 Å². The minimum atomic E-state index is -3.34. The van der Waals surface area contributed by atoms with Gasteiger partial charge in [-0.3, -0.25) is 9.08 Å². The third kappa shape index (κ3) is 3.19. The second-order valence-corrected chi connectivity index (χ2v) is 7.20. The standard InChI is InChI=1S/C11H21NO4S/c1-12-8-11(7-10(12)13)5-3-9(4-6-11)16-17(2,14)15/h9-10,13H,3-8H2,1-2H3. The third-order valence-corrected chi connectivity index (χ3v) is 4.64. The molecule has 5 nitrogen and oxygen atoms in total. The zero-order valence-electron chi connectivity index (χ0n) is 10.4. The quantitative estimate of drug-likeness (QED) is 0.737. The number of aliphatic hydroxyl groups excluding tert-OH is 1. The van der Waals surface area contributed by atoms with Crippen LogP contribution in [0.3, 0.4) is 0 Å². The van der Waals surface area contributed by atoms with Crippen molar-refractivity contribution in [3.05, 3.63) is 0 Å². The summed E-state index contributed by atoms with van der Waals surface area (Å²) in [5.74, 6) is 0. The predicted molar refractivity (Wildman–Crippen MR) is 63.9 cm³/mol. The summed E-state index contributed by atoms with van der Waals surface area (Å²) in [6.45, 7) is 0.903. The summed E-state index contributed by atoms with van der Waals surface area (Å²) in [5, 5.41) is 9.77. The molecule has 1 aliphatic carbocycles. The SMILES string of the molecule is CN1CC2(CCC(OS(C)(=O)=O)CC2)CC1O. The van der Waals surface area contributed by atoms with Crippen LogP contribution in [0.2, 0.25) is 0 Å². The highest BCUT2D eigenvalue weighted by molar-refractivity contribution is 7.86. The summed E-state index contributed by atoms with van der Waals surface area (Å²) >= 11 is 0. The summed E-state index contributed by atoms with van der Waals surface area (Å²) in [4.78, 5) is 1.97. The van der Waals surface area contributed by atoms with Crippen molar-refractivity contribution in [1.82, 2.24) is 4.90 Å². The molecular weight excluding hydrogens is 242 g/mol. The molecule has 1 aliphatic heterocycles. The monoisotopic (exact) mass is 263 g/mol.